The highest BCUT2D eigenvalue weighted by molar-refractivity contribution is 5.92. The molecule has 0 aliphatic heterocycles. The van der Waals surface area contributed by atoms with Gasteiger partial charge in [-0.2, -0.15) is 0 Å². The predicted octanol–water partition coefficient (Wildman–Crippen LogP) is 3.55. The van der Waals surface area contributed by atoms with Gasteiger partial charge in [-0.3, -0.25) is 4.79 Å². The largest absolute Gasteiger partial charge is 0.507 e. The zero-order valence-corrected chi connectivity index (χ0v) is 20.0. The van der Waals surface area contributed by atoms with E-state index >= 15 is 0 Å². The number of hydrogen-bond donors (Lipinski definition) is 3. The van der Waals surface area contributed by atoms with Crippen molar-refractivity contribution in [3.8, 4) is 34.5 Å². The van der Waals surface area contributed by atoms with Gasteiger partial charge < -0.3 is 38.9 Å². The molecule has 2 aromatic carbocycles. The fraction of sp³-hybridized carbons (Fsp3) is 0.280. The molecule has 0 fully saturated rings. The highest BCUT2D eigenvalue weighted by Crippen LogP contribution is 2.41. The van der Waals surface area contributed by atoms with E-state index in [0.29, 0.717) is 28.5 Å². The fourth-order valence-corrected chi connectivity index (χ4v) is 3.79. The van der Waals surface area contributed by atoms with Crippen molar-refractivity contribution in [1.29, 1.82) is 0 Å². The predicted molar refractivity (Wildman–Crippen MR) is 127 cm³/mol. The highest BCUT2D eigenvalue weighted by Gasteiger charge is 2.27. The Morgan fingerprint density at radius 2 is 1.54 bits per heavy atom. The molecule has 0 aliphatic rings. The van der Waals surface area contributed by atoms with Crippen LogP contribution in [0.3, 0.4) is 0 Å². The average molecular weight is 485 g/mol. The Hall–Kier alpha value is -4.34. The zero-order valence-electron chi connectivity index (χ0n) is 20.0. The van der Waals surface area contributed by atoms with E-state index in [1.54, 1.807) is 18.2 Å². The number of aromatic hydroxyl groups is 2. The van der Waals surface area contributed by atoms with Crippen LogP contribution in [0, 0.1) is 6.92 Å². The minimum Gasteiger partial charge on any atom is -0.507 e. The van der Waals surface area contributed by atoms with Gasteiger partial charge in [-0.1, -0.05) is 6.07 Å². The van der Waals surface area contributed by atoms with Crippen LogP contribution in [0.5, 0.6) is 34.5 Å². The summed E-state index contributed by atoms with van der Waals surface area (Å²) in [5.41, 5.74) is -0.139. The molecule has 0 spiro atoms. The van der Waals surface area contributed by atoms with E-state index in [4.69, 9.17) is 23.4 Å². The maximum atomic E-state index is 13.1. The number of rotatable bonds is 9. The van der Waals surface area contributed by atoms with Crippen LogP contribution in [0.15, 0.2) is 45.6 Å². The Bertz CT molecular complexity index is 1260. The van der Waals surface area contributed by atoms with Gasteiger partial charge in [0.25, 0.3) is 0 Å². The van der Waals surface area contributed by atoms with Crippen LogP contribution in [-0.4, -0.2) is 44.6 Å². The third-order valence-corrected chi connectivity index (χ3v) is 5.38. The summed E-state index contributed by atoms with van der Waals surface area (Å²) in [4.78, 5) is 25.8. The van der Waals surface area contributed by atoms with Crippen LogP contribution >= 0.6 is 0 Å². The number of phenolic OH excluding ortho intramolecular Hbond substituents is 1. The minimum atomic E-state index is -0.939. The maximum Gasteiger partial charge on any atom is 0.343 e. The van der Waals surface area contributed by atoms with E-state index in [0.717, 1.165) is 0 Å². The van der Waals surface area contributed by atoms with Crippen LogP contribution in [-0.2, 0) is 4.79 Å². The van der Waals surface area contributed by atoms with E-state index in [1.165, 1.54) is 53.6 Å². The zero-order chi connectivity index (χ0) is 25.7. The molecule has 1 heterocycles. The van der Waals surface area contributed by atoms with Crippen LogP contribution in [0.25, 0.3) is 0 Å². The molecule has 0 saturated heterocycles. The van der Waals surface area contributed by atoms with Gasteiger partial charge in [-0.05, 0) is 24.6 Å². The third kappa shape index (κ3) is 5.43. The molecule has 10 heteroatoms. The number of carbonyl (C=O) groups excluding carboxylic acids is 1. The molecule has 186 valence electrons. The summed E-state index contributed by atoms with van der Waals surface area (Å²) in [7, 11) is 5.77. The number of anilines is 1. The van der Waals surface area contributed by atoms with E-state index in [2.05, 4.69) is 5.32 Å². The number of hydrogen-bond acceptors (Lipinski definition) is 9. The lowest BCUT2D eigenvalue weighted by molar-refractivity contribution is -0.116. The molecule has 0 aliphatic carbocycles. The van der Waals surface area contributed by atoms with Crippen molar-refractivity contribution >= 4 is 11.6 Å². The van der Waals surface area contributed by atoms with Gasteiger partial charge in [0, 0.05) is 36.2 Å². The number of nitrogens with one attached hydrogen (secondary N) is 1. The Labute approximate surface area is 201 Å². The van der Waals surface area contributed by atoms with Crippen molar-refractivity contribution in [3.05, 3.63) is 63.7 Å². The number of aryl methyl sites for hydroxylation is 1. The number of benzene rings is 2. The first-order valence-corrected chi connectivity index (χ1v) is 10.5. The molecule has 0 bridgehead atoms. The lowest BCUT2D eigenvalue weighted by Gasteiger charge is -2.19. The van der Waals surface area contributed by atoms with Crippen LogP contribution < -0.4 is 29.9 Å². The molecule has 1 unspecified atom stereocenters. The number of amides is 1. The monoisotopic (exact) mass is 485 g/mol. The lowest BCUT2D eigenvalue weighted by Crippen LogP contribution is -2.21. The molecule has 35 heavy (non-hydrogen) atoms. The summed E-state index contributed by atoms with van der Waals surface area (Å²) in [6, 6.07) is 8.88. The van der Waals surface area contributed by atoms with Gasteiger partial charge in [0.15, 0.2) is 23.0 Å². The quantitative estimate of drug-likeness (QED) is 0.415. The van der Waals surface area contributed by atoms with Crippen molar-refractivity contribution in [2.45, 2.75) is 19.3 Å². The van der Waals surface area contributed by atoms with E-state index in [-0.39, 0.29) is 35.0 Å². The normalized spacial score (nSPS) is 11.5. The van der Waals surface area contributed by atoms with Gasteiger partial charge in [0.2, 0.25) is 11.7 Å². The van der Waals surface area contributed by atoms with Crippen LogP contribution in [0.1, 0.15) is 29.2 Å². The van der Waals surface area contributed by atoms with Gasteiger partial charge >= 0.3 is 5.63 Å². The SMILES string of the molecule is COc1ccc(C(CC(=O)Nc2cc(OC)c(OC)c(OC)c2)c2c(O)cc(C)oc2=O)cc1O. The first kappa shape index (κ1) is 25.3. The molecule has 3 aromatic rings. The molecular formula is C25H27NO9. The first-order valence-electron chi connectivity index (χ1n) is 10.5. The first-order chi connectivity index (χ1) is 16.7. The second kappa shape index (κ2) is 10.7. The molecule has 0 saturated carbocycles. The Balaban J connectivity index is 2.01. The molecular weight excluding hydrogens is 458 g/mol. The summed E-state index contributed by atoms with van der Waals surface area (Å²) < 4.78 is 26.2. The molecule has 1 aromatic heterocycles. The molecule has 0 radical (unpaired) electrons. The van der Waals surface area contributed by atoms with Crippen LogP contribution in [0.2, 0.25) is 0 Å². The maximum absolute atomic E-state index is 13.1. The standard InChI is InChI=1S/C25H27NO9/c1-13-8-18(28)23(25(30)35-13)16(14-6-7-19(31-2)17(27)9-14)12-22(29)26-15-10-20(32-3)24(34-5)21(11-15)33-4/h6-11,16,27-28H,12H2,1-5H3,(H,26,29). The third-order valence-electron chi connectivity index (χ3n) is 5.38. The number of phenols is 1. The van der Waals surface area contributed by atoms with Crippen molar-refractivity contribution in [3.63, 3.8) is 0 Å². The second-order valence-corrected chi connectivity index (χ2v) is 7.59. The molecule has 3 rings (SSSR count). The summed E-state index contributed by atoms with van der Waals surface area (Å²) in [6.07, 6.45) is -0.260. The van der Waals surface area contributed by atoms with Crippen molar-refractivity contribution in [2.75, 3.05) is 33.8 Å². The van der Waals surface area contributed by atoms with Gasteiger partial charge in [-0.25, -0.2) is 4.79 Å². The van der Waals surface area contributed by atoms with E-state index in [1.807, 2.05) is 0 Å². The van der Waals surface area contributed by atoms with Gasteiger partial charge in [0.1, 0.15) is 11.5 Å². The second-order valence-electron chi connectivity index (χ2n) is 7.59. The summed E-state index contributed by atoms with van der Waals surface area (Å²) in [6.45, 7) is 1.52. The van der Waals surface area contributed by atoms with Crippen molar-refractivity contribution in [2.24, 2.45) is 0 Å². The Kier molecular flexibility index (Phi) is 7.75. The summed E-state index contributed by atoms with van der Waals surface area (Å²) in [5.74, 6) is -0.447. The molecule has 10 nitrogen and oxygen atoms in total. The minimum absolute atomic E-state index is 0.111. The van der Waals surface area contributed by atoms with Gasteiger partial charge in [0.05, 0.1) is 34.0 Å². The van der Waals surface area contributed by atoms with Crippen LogP contribution in [0.4, 0.5) is 5.69 Å². The van der Waals surface area contributed by atoms with Gasteiger partial charge in [-0.15, -0.1) is 0 Å². The number of methoxy groups -OCH3 is 4. The van der Waals surface area contributed by atoms with E-state index < -0.39 is 17.5 Å². The summed E-state index contributed by atoms with van der Waals surface area (Å²) in [5, 5.41) is 23.6. The Morgan fingerprint density at radius 3 is 2.06 bits per heavy atom. The lowest BCUT2D eigenvalue weighted by atomic mass is 9.88. The van der Waals surface area contributed by atoms with Crippen molar-refractivity contribution in [1.82, 2.24) is 0 Å². The molecule has 1 atom stereocenters. The number of carbonyl (C=O) groups is 1. The molecule has 1 amide bonds. The summed E-state index contributed by atoms with van der Waals surface area (Å²) >= 11 is 0. The number of ether oxygens (including phenoxy) is 4. The fourth-order valence-electron chi connectivity index (χ4n) is 3.79. The molecule has 3 N–H and O–H groups in total. The topological polar surface area (TPSA) is 137 Å². The van der Waals surface area contributed by atoms with E-state index in [9.17, 15) is 19.8 Å². The van der Waals surface area contributed by atoms with Crippen molar-refractivity contribution < 1.29 is 38.4 Å². The average Bonchev–Trinajstić information content (AvgIpc) is 2.81. The Morgan fingerprint density at radius 1 is 0.914 bits per heavy atom. The smallest absolute Gasteiger partial charge is 0.343 e. The highest BCUT2D eigenvalue weighted by atomic mass is 16.5.